The third-order valence-electron chi connectivity index (χ3n) is 3.56. The van der Waals surface area contributed by atoms with Gasteiger partial charge in [-0.2, -0.15) is 0 Å². The van der Waals surface area contributed by atoms with E-state index in [-0.39, 0.29) is 5.82 Å². The van der Waals surface area contributed by atoms with Gasteiger partial charge >= 0.3 is 5.97 Å². The van der Waals surface area contributed by atoms with Crippen LogP contribution in [0.3, 0.4) is 0 Å². The van der Waals surface area contributed by atoms with Crippen molar-refractivity contribution >= 4 is 51.0 Å². The van der Waals surface area contributed by atoms with Gasteiger partial charge < -0.3 is 15.4 Å². The Bertz CT molecular complexity index is 905. The van der Waals surface area contributed by atoms with Crippen molar-refractivity contribution in [3.63, 3.8) is 0 Å². The fourth-order valence-electron chi connectivity index (χ4n) is 2.30. The van der Waals surface area contributed by atoms with Gasteiger partial charge in [0, 0.05) is 22.4 Å². The summed E-state index contributed by atoms with van der Waals surface area (Å²) in [4.78, 5) is 13.2. The molecule has 0 atom stereocenters. The molecule has 2 N–H and O–H groups in total. The summed E-state index contributed by atoms with van der Waals surface area (Å²) in [7, 11) is 1.35. The number of thiocarbonyl (C=S) groups is 1. The molecule has 0 saturated heterocycles. The molecular weight excluding hydrogens is 391 g/mol. The maximum absolute atomic E-state index is 12.9. The third kappa shape index (κ3) is 4.27. The number of halogens is 1. The first kappa shape index (κ1) is 18.5. The van der Waals surface area contributed by atoms with E-state index >= 15 is 0 Å². The van der Waals surface area contributed by atoms with Crippen molar-refractivity contribution < 1.29 is 13.9 Å². The van der Waals surface area contributed by atoms with Gasteiger partial charge in [0.05, 0.1) is 7.11 Å². The molecule has 0 saturated carbocycles. The second kappa shape index (κ2) is 8.39. The molecule has 8 heteroatoms. The Balaban J connectivity index is 1.73. The Morgan fingerprint density at radius 2 is 2.00 bits per heavy atom. The molecule has 1 aromatic carbocycles. The van der Waals surface area contributed by atoms with Gasteiger partial charge in [0.15, 0.2) is 5.11 Å². The molecule has 3 rings (SSSR count). The van der Waals surface area contributed by atoms with E-state index in [4.69, 9.17) is 17.0 Å². The van der Waals surface area contributed by atoms with Gasteiger partial charge in [-0.3, -0.25) is 0 Å². The number of nitrogens with one attached hydrogen (secondary N) is 2. The average Bonchev–Trinajstić information content (AvgIpc) is 3.30. The van der Waals surface area contributed by atoms with Gasteiger partial charge in [0.2, 0.25) is 0 Å². The normalized spacial score (nSPS) is 10.4. The molecule has 0 fully saturated rings. The lowest BCUT2D eigenvalue weighted by Gasteiger charge is -2.11. The summed E-state index contributed by atoms with van der Waals surface area (Å²) in [5.41, 5.74) is 2.18. The predicted octanol–water partition coefficient (Wildman–Crippen LogP) is 4.89. The van der Waals surface area contributed by atoms with Crippen LogP contribution in [0.2, 0.25) is 0 Å². The Morgan fingerprint density at radius 1 is 1.23 bits per heavy atom. The smallest absolute Gasteiger partial charge is 0.341 e. The van der Waals surface area contributed by atoms with E-state index in [2.05, 4.69) is 10.6 Å². The van der Waals surface area contributed by atoms with Crippen LogP contribution in [0, 0.1) is 5.82 Å². The number of ether oxygens (including phenoxy) is 1. The molecule has 0 unspecified atom stereocenters. The van der Waals surface area contributed by atoms with E-state index in [0.29, 0.717) is 22.2 Å². The van der Waals surface area contributed by atoms with Gasteiger partial charge in [-0.1, -0.05) is 18.2 Å². The molecule has 0 aliphatic heterocycles. The number of hydrogen-bond acceptors (Lipinski definition) is 5. The van der Waals surface area contributed by atoms with Crippen LogP contribution >= 0.6 is 34.9 Å². The topological polar surface area (TPSA) is 50.4 Å². The number of carbonyl (C=O) groups is 1. The highest BCUT2D eigenvalue weighted by Gasteiger charge is 2.22. The number of esters is 1. The summed E-state index contributed by atoms with van der Waals surface area (Å²) in [6.07, 6.45) is 0. The Labute approximate surface area is 163 Å². The summed E-state index contributed by atoms with van der Waals surface area (Å²) in [5, 5.41) is 11.0. The first-order chi connectivity index (χ1) is 12.6. The number of anilines is 1. The zero-order valence-electron chi connectivity index (χ0n) is 13.7. The zero-order chi connectivity index (χ0) is 18.5. The molecule has 0 aliphatic rings. The van der Waals surface area contributed by atoms with E-state index < -0.39 is 5.97 Å². The number of rotatable bonds is 5. The second-order valence-corrected chi connectivity index (χ2v) is 7.49. The van der Waals surface area contributed by atoms with Crippen molar-refractivity contribution in [1.29, 1.82) is 0 Å². The number of thiophene rings is 2. The van der Waals surface area contributed by atoms with Crippen LogP contribution in [-0.2, 0) is 11.3 Å². The first-order valence-corrected chi connectivity index (χ1v) is 9.78. The van der Waals surface area contributed by atoms with Crippen LogP contribution < -0.4 is 10.6 Å². The van der Waals surface area contributed by atoms with Gasteiger partial charge in [-0.05, 0) is 41.4 Å². The molecule has 0 amide bonds. The molecule has 0 bridgehead atoms. The lowest BCUT2D eigenvalue weighted by atomic mass is 10.1. The Morgan fingerprint density at radius 3 is 2.65 bits per heavy atom. The highest BCUT2D eigenvalue weighted by atomic mass is 32.1. The largest absolute Gasteiger partial charge is 0.465 e. The first-order valence-electron chi connectivity index (χ1n) is 7.61. The van der Waals surface area contributed by atoms with Crippen molar-refractivity contribution in [3.8, 4) is 10.4 Å². The van der Waals surface area contributed by atoms with Crippen molar-refractivity contribution in [2.24, 2.45) is 0 Å². The van der Waals surface area contributed by atoms with Crippen molar-refractivity contribution in [3.05, 3.63) is 64.1 Å². The minimum atomic E-state index is -0.418. The van der Waals surface area contributed by atoms with Crippen LogP contribution in [0.25, 0.3) is 10.4 Å². The predicted molar refractivity (Wildman–Crippen MR) is 108 cm³/mol. The minimum absolute atomic E-state index is 0.281. The van der Waals surface area contributed by atoms with E-state index in [0.717, 1.165) is 16.0 Å². The highest BCUT2D eigenvalue weighted by Crippen LogP contribution is 2.38. The van der Waals surface area contributed by atoms with Crippen LogP contribution in [0.15, 0.2) is 47.2 Å². The molecule has 4 nitrogen and oxygen atoms in total. The van der Waals surface area contributed by atoms with Crippen molar-refractivity contribution in [2.45, 2.75) is 6.54 Å². The number of benzene rings is 1. The van der Waals surface area contributed by atoms with Crippen LogP contribution in [0.1, 0.15) is 15.9 Å². The molecule has 0 radical (unpaired) electrons. The molecule has 134 valence electrons. The molecule has 2 heterocycles. The Hall–Kier alpha value is -2.29. The molecule has 3 aromatic rings. The molecule has 26 heavy (non-hydrogen) atoms. The maximum atomic E-state index is 12.9. The van der Waals surface area contributed by atoms with Gasteiger partial charge in [-0.25, -0.2) is 9.18 Å². The summed E-state index contributed by atoms with van der Waals surface area (Å²) < 4.78 is 17.9. The number of hydrogen-bond donors (Lipinski definition) is 2. The van der Waals surface area contributed by atoms with Crippen LogP contribution in [0.4, 0.5) is 9.39 Å². The molecule has 0 aliphatic carbocycles. The molecular formula is C18H15FN2O2S3. The SMILES string of the molecule is COC(=O)c1c(-c2cccs2)csc1NC(=S)NCc1ccc(F)cc1. The fraction of sp³-hybridized carbons (Fsp3) is 0.111. The van der Waals surface area contributed by atoms with Gasteiger partial charge in [-0.15, -0.1) is 22.7 Å². The van der Waals surface area contributed by atoms with E-state index in [1.165, 1.54) is 30.6 Å². The average molecular weight is 407 g/mol. The standard InChI is InChI=1S/C18H15FN2O2S3/c1-23-17(22)15-13(14-3-2-8-25-14)10-26-16(15)21-18(24)20-9-11-4-6-12(19)7-5-11/h2-8,10H,9H2,1H3,(H2,20,21,24). The minimum Gasteiger partial charge on any atom is -0.465 e. The monoisotopic (exact) mass is 406 g/mol. The van der Waals surface area contributed by atoms with Crippen molar-refractivity contribution in [1.82, 2.24) is 5.32 Å². The summed E-state index contributed by atoms with van der Waals surface area (Å²) in [6.45, 7) is 0.447. The molecule has 0 spiro atoms. The lowest BCUT2D eigenvalue weighted by Crippen LogP contribution is -2.28. The summed E-state index contributed by atoms with van der Waals surface area (Å²) >= 11 is 8.25. The number of methoxy groups -OCH3 is 1. The fourth-order valence-corrected chi connectivity index (χ4v) is 4.31. The second-order valence-electron chi connectivity index (χ2n) is 5.26. The quantitative estimate of drug-likeness (QED) is 0.467. The van der Waals surface area contributed by atoms with Crippen LogP contribution in [-0.4, -0.2) is 18.2 Å². The van der Waals surface area contributed by atoms with Gasteiger partial charge in [0.25, 0.3) is 0 Å². The number of carbonyl (C=O) groups excluding carboxylic acids is 1. The lowest BCUT2D eigenvalue weighted by molar-refractivity contribution is 0.0603. The summed E-state index contributed by atoms with van der Waals surface area (Å²) in [6, 6.07) is 10.1. The summed E-state index contributed by atoms with van der Waals surface area (Å²) in [5.74, 6) is -0.699. The van der Waals surface area contributed by atoms with E-state index in [9.17, 15) is 9.18 Å². The van der Waals surface area contributed by atoms with E-state index in [1.807, 2.05) is 22.9 Å². The Kier molecular flexibility index (Phi) is 5.97. The van der Waals surface area contributed by atoms with Crippen LogP contribution in [0.5, 0.6) is 0 Å². The van der Waals surface area contributed by atoms with E-state index in [1.54, 1.807) is 23.5 Å². The van der Waals surface area contributed by atoms with Gasteiger partial charge in [0.1, 0.15) is 16.4 Å². The maximum Gasteiger partial charge on any atom is 0.341 e. The third-order valence-corrected chi connectivity index (χ3v) is 5.61. The van der Waals surface area contributed by atoms with Crippen molar-refractivity contribution in [2.75, 3.05) is 12.4 Å². The zero-order valence-corrected chi connectivity index (χ0v) is 16.2. The highest BCUT2D eigenvalue weighted by molar-refractivity contribution is 7.80. The molecule has 2 aromatic heterocycles.